The predicted octanol–water partition coefficient (Wildman–Crippen LogP) is 3.41. The smallest absolute Gasteiger partial charge is 0.270 e. The van der Waals surface area contributed by atoms with Gasteiger partial charge in [-0.3, -0.25) is 14.9 Å². The molecule has 1 rings (SSSR count). The number of carbonyl (C=O) groups excluding carboxylic acids is 1. The summed E-state index contributed by atoms with van der Waals surface area (Å²) in [5.74, 6) is 0.398. The summed E-state index contributed by atoms with van der Waals surface area (Å²) in [7, 11) is 0. The fourth-order valence-electron chi connectivity index (χ4n) is 1.53. The highest BCUT2D eigenvalue weighted by Crippen LogP contribution is 2.23. The Labute approximate surface area is 105 Å². The van der Waals surface area contributed by atoms with E-state index in [9.17, 15) is 14.9 Å². The maximum absolute atomic E-state index is 11.6. The molecule has 0 radical (unpaired) electrons. The van der Waals surface area contributed by atoms with Gasteiger partial charge in [0.05, 0.1) is 9.95 Å². The zero-order chi connectivity index (χ0) is 13.0. The predicted molar refractivity (Wildman–Crippen MR) is 66.3 cm³/mol. The van der Waals surface area contributed by atoms with Gasteiger partial charge in [-0.25, -0.2) is 0 Å². The van der Waals surface area contributed by atoms with Gasteiger partial charge in [-0.1, -0.05) is 31.5 Å². The molecule has 1 aromatic rings. The van der Waals surface area contributed by atoms with Crippen molar-refractivity contribution in [2.45, 2.75) is 26.7 Å². The van der Waals surface area contributed by atoms with Crippen LogP contribution >= 0.6 is 11.6 Å². The molecule has 0 amide bonds. The number of hydrogen-bond donors (Lipinski definition) is 0. The molecule has 0 aliphatic carbocycles. The van der Waals surface area contributed by atoms with Gasteiger partial charge in [0.1, 0.15) is 5.78 Å². The number of hydrogen-bond acceptors (Lipinski definition) is 3. The van der Waals surface area contributed by atoms with E-state index in [-0.39, 0.29) is 22.9 Å². The third kappa shape index (κ3) is 4.15. The minimum atomic E-state index is -0.508. The number of benzene rings is 1. The molecule has 0 saturated carbocycles. The highest BCUT2D eigenvalue weighted by molar-refractivity contribution is 6.31. The molecule has 92 valence electrons. The molecule has 0 unspecified atom stereocenters. The number of nitro benzene ring substituents is 1. The third-order valence-electron chi connectivity index (χ3n) is 2.27. The zero-order valence-corrected chi connectivity index (χ0v) is 10.5. The maximum atomic E-state index is 11.6. The molecule has 0 aromatic heterocycles. The second-order valence-corrected chi connectivity index (χ2v) is 4.75. The molecule has 0 bridgehead atoms. The summed E-state index contributed by atoms with van der Waals surface area (Å²) < 4.78 is 0. The van der Waals surface area contributed by atoms with Crippen LogP contribution in [0.25, 0.3) is 0 Å². The molecule has 17 heavy (non-hydrogen) atoms. The first-order valence-electron chi connectivity index (χ1n) is 5.34. The van der Waals surface area contributed by atoms with E-state index in [1.807, 2.05) is 13.8 Å². The Kier molecular flexibility index (Phi) is 4.63. The second kappa shape index (κ2) is 5.77. The molecular weight excluding hydrogens is 242 g/mol. The lowest BCUT2D eigenvalue weighted by molar-refractivity contribution is -0.384. The van der Waals surface area contributed by atoms with Crippen molar-refractivity contribution in [3.8, 4) is 0 Å². The molecular formula is C12H14ClNO3. The van der Waals surface area contributed by atoms with Gasteiger partial charge in [-0.05, 0) is 11.5 Å². The molecule has 0 saturated heterocycles. The van der Waals surface area contributed by atoms with Crippen LogP contribution in [-0.2, 0) is 11.2 Å². The van der Waals surface area contributed by atoms with E-state index < -0.39 is 4.92 Å². The number of halogens is 1. The summed E-state index contributed by atoms with van der Waals surface area (Å²) in [5.41, 5.74) is 0.581. The Morgan fingerprint density at radius 3 is 2.59 bits per heavy atom. The number of nitrogens with zero attached hydrogens (tertiary/aromatic N) is 1. The first-order valence-corrected chi connectivity index (χ1v) is 5.72. The van der Waals surface area contributed by atoms with Crippen LogP contribution in [0, 0.1) is 16.0 Å². The van der Waals surface area contributed by atoms with Gasteiger partial charge in [0.15, 0.2) is 0 Å². The largest absolute Gasteiger partial charge is 0.299 e. The van der Waals surface area contributed by atoms with E-state index in [1.165, 1.54) is 12.1 Å². The van der Waals surface area contributed by atoms with Crippen molar-refractivity contribution in [1.29, 1.82) is 0 Å². The molecule has 0 fully saturated rings. The molecule has 0 spiro atoms. The van der Waals surface area contributed by atoms with Crippen LogP contribution in [0.2, 0.25) is 5.02 Å². The lowest BCUT2D eigenvalue weighted by Gasteiger charge is -2.05. The van der Waals surface area contributed by atoms with Gasteiger partial charge in [0.25, 0.3) is 5.69 Å². The highest BCUT2D eigenvalue weighted by Gasteiger charge is 2.12. The summed E-state index contributed by atoms with van der Waals surface area (Å²) in [5, 5.41) is 10.8. The number of non-ortho nitro benzene ring substituents is 1. The van der Waals surface area contributed by atoms with E-state index in [0.29, 0.717) is 17.9 Å². The Hall–Kier alpha value is -1.42. The van der Waals surface area contributed by atoms with Crippen LogP contribution < -0.4 is 0 Å². The van der Waals surface area contributed by atoms with Gasteiger partial charge in [-0.15, -0.1) is 0 Å². The van der Waals surface area contributed by atoms with Gasteiger partial charge < -0.3 is 0 Å². The SMILES string of the molecule is CC(C)CC(=O)Cc1ccc([N+](=O)[O-])cc1Cl. The molecule has 0 heterocycles. The molecule has 5 heteroatoms. The monoisotopic (exact) mass is 255 g/mol. The van der Waals surface area contributed by atoms with E-state index in [4.69, 9.17) is 11.6 Å². The number of carbonyl (C=O) groups is 1. The minimum Gasteiger partial charge on any atom is -0.299 e. The lowest BCUT2D eigenvalue weighted by atomic mass is 10.0. The summed E-state index contributed by atoms with van der Waals surface area (Å²) in [6.45, 7) is 3.94. The summed E-state index contributed by atoms with van der Waals surface area (Å²) in [6, 6.07) is 4.18. The topological polar surface area (TPSA) is 60.2 Å². The standard InChI is InChI=1S/C12H14ClNO3/c1-8(2)5-11(15)6-9-3-4-10(14(16)17)7-12(9)13/h3-4,7-8H,5-6H2,1-2H3. The number of ketones is 1. The summed E-state index contributed by atoms with van der Waals surface area (Å²) in [4.78, 5) is 21.6. The molecule has 0 atom stereocenters. The summed E-state index contributed by atoms with van der Waals surface area (Å²) in [6.07, 6.45) is 0.725. The van der Waals surface area contributed by atoms with E-state index in [1.54, 1.807) is 6.07 Å². The van der Waals surface area contributed by atoms with Crippen LogP contribution in [0.1, 0.15) is 25.8 Å². The maximum Gasteiger partial charge on any atom is 0.270 e. The quantitative estimate of drug-likeness (QED) is 0.598. The van der Waals surface area contributed by atoms with Crippen LogP contribution in [-0.4, -0.2) is 10.7 Å². The van der Waals surface area contributed by atoms with E-state index in [2.05, 4.69) is 0 Å². The molecule has 4 nitrogen and oxygen atoms in total. The molecule has 0 aliphatic heterocycles. The van der Waals surface area contributed by atoms with Gasteiger partial charge in [0, 0.05) is 25.0 Å². The molecule has 0 aliphatic rings. The minimum absolute atomic E-state index is 0.0601. The first-order chi connectivity index (χ1) is 7.90. The number of nitro groups is 1. The van der Waals surface area contributed by atoms with E-state index >= 15 is 0 Å². The second-order valence-electron chi connectivity index (χ2n) is 4.35. The number of rotatable bonds is 5. The number of Topliss-reactive ketones (excluding diaryl/α,β-unsaturated/α-hetero) is 1. The van der Waals surface area contributed by atoms with Gasteiger partial charge in [-0.2, -0.15) is 0 Å². The van der Waals surface area contributed by atoms with Crippen molar-refractivity contribution in [2.24, 2.45) is 5.92 Å². The van der Waals surface area contributed by atoms with Crippen molar-refractivity contribution in [2.75, 3.05) is 0 Å². The average molecular weight is 256 g/mol. The van der Waals surface area contributed by atoms with Crippen molar-refractivity contribution in [1.82, 2.24) is 0 Å². The van der Waals surface area contributed by atoms with Crippen molar-refractivity contribution < 1.29 is 9.72 Å². The Balaban J connectivity index is 2.79. The fraction of sp³-hybridized carbons (Fsp3) is 0.417. The van der Waals surface area contributed by atoms with Crippen LogP contribution in [0.5, 0.6) is 0 Å². The molecule has 1 aromatic carbocycles. The van der Waals surface area contributed by atoms with Crippen LogP contribution in [0.4, 0.5) is 5.69 Å². The van der Waals surface area contributed by atoms with Crippen LogP contribution in [0.3, 0.4) is 0 Å². The first kappa shape index (κ1) is 13.6. The van der Waals surface area contributed by atoms with Crippen molar-refractivity contribution >= 4 is 23.1 Å². The fourth-order valence-corrected chi connectivity index (χ4v) is 1.77. The molecule has 0 N–H and O–H groups in total. The van der Waals surface area contributed by atoms with Gasteiger partial charge >= 0.3 is 0 Å². The Morgan fingerprint density at radius 2 is 2.12 bits per heavy atom. The van der Waals surface area contributed by atoms with Crippen LogP contribution in [0.15, 0.2) is 18.2 Å². The van der Waals surface area contributed by atoms with Crippen molar-refractivity contribution in [3.63, 3.8) is 0 Å². The normalized spacial score (nSPS) is 10.6. The average Bonchev–Trinajstić information content (AvgIpc) is 2.19. The third-order valence-corrected chi connectivity index (χ3v) is 2.62. The van der Waals surface area contributed by atoms with Crippen molar-refractivity contribution in [3.05, 3.63) is 38.9 Å². The summed E-state index contributed by atoms with van der Waals surface area (Å²) >= 11 is 5.90. The lowest BCUT2D eigenvalue weighted by Crippen LogP contribution is -2.06. The van der Waals surface area contributed by atoms with E-state index in [0.717, 1.165) is 0 Å². The zero-order valence-electron chi connectivity index (χ0n) is 9.77. The Morgan fingerprint density at radius 1 is 1.47 bits per heavy atom. The van der Waals surface area contributed by atoms with Gasteiger partial charge in [0.2, 0.25) is 0 Å². The Bertz CT molecular complexity index is 443. The highest BCUT2D eigenvalue weighted by atomic mass is 35.5.